The van der Waals surface area contributed by atoms with Crippen molar-refractivity contribution < 1.29 is 9.53 Å². The van der Waals surface area contributed by atoms with E-state index in [1.165, 1.54) is 12.8 Å². The molecule has 1 amide bonds. The summed E-state index contributed by atoms with van der Waals surface area (Å²) >= 11 is 0. The van der Waals surface area contributed by atoms with Crippen LogP contribution in [0.25, 0.3) is 17.3 Å². The van der Waals surface area contributed by atoms with Crippen LogP contribution < -0.4 is 10.6 Å². The van der Waals surface area contributed by atoms with Gasteiger partial charge >= 0.3 is 0 Å². The molecule has 3 aromatic rings. The lowest BCUT2D eigenvalue weighted by Gasteiger charge is -2.15. The minimum atomic E-state index is -0.0858. The molecule has 3 heterocycles. The summed E-state index contributed by atoms with van der Waals surface area (Å²) in [6.45, 7) is 4.75. The molecule has 0 saturated carbocycles. The van der Waals surface area contributed by atoms with E-state index in [-0.39, 0.29) is 5.91 Å². The molecule has 2 aromatic carbocycles. The maximum atomic E-state index is 12.9. The number of amides is 1. The zero-order valence-corrected chi connectivity index (χ0v) is 19.2. The molecule has 2 N–H and O–H groups in total. The maximum absolute atomic E-state index is 12.9. The van der Waals surface area contributed by atoms with Gasteiger partial charge in [0.15, 0.2) is 0 Å². The number of likely N-dealkylation sites (tertiary alicyclic amines) is 1. The molecule has 5 rings (SSSR count). The minimum Gasteiger partial charge on any atom is -0.373 e. The third kappa shape index (κ3) is 5.68. The van der Waals surface area contributed by atoms with Gasteiger partial charge in [-0.2, -0.15) is 0 Å². The van der Waals surface area contributed by atoms with E-state index in [4.69, 9.17) is 9.72 Å². The number of ether oxygens (including phenoxy) is 1. The molecule has 7 nitrogen and oxygen atoms in total. The Kier molecular flexibility index (Phi) is 6.93. The highest BCUT2D eigenvalue weighted by Crippen LogP contribution is 2.23. The number of carbonyl (C=O) groups excluding carboxylic acids is 1. The lowest BCUT2D eigenvalue weighted by molar-refractivity contribution is 0.0949. The molecule has 0 atom stereocenters. The molecule has 1 aromatic heterocycles. The van der Waals surface area contributed by atoms with Gasteiger partial charge in [-0.25, -0.2) is 9.97 Å². The van der Waals surface area contributed by atoms with E-state index in [9.17, 15) is 4.79 Å². The van der Waals surface area contributed by atoms with Crippen molar-refractivity contribution in [2.45, 2.75) is 19.4 Å². The number of aromatic nitrogens is 2. The highest BCUT2D eigenvalue weighted by molar-refractivity contribution is 5.96. The first-order chi connectivity index (χ1) is 16.7. The van der Waals surface area contributed by atoms with Crippen molar-refractivity contribution >= 4 is 23.6 Å². The van der Waals surface area contributed by atoms with Gasteiger partial charge in [0.25, 0.3) is 5.91 Å². The Morgan fingerprint density at radius 1 is 1.12 bits per heavy atom. The van der Waals surface area contributed by atoms with Crippen molar-refractivity contribution in [1.29, 1.82) is 0 Å². The quantitative estimate of drug-likeness (QED) is 0.612. The van der Waals surface area contributed by atoms with Gasteiger partial charge in [-0.15, -0.1) is 0 Å². The van der Waals surface area contributed by atoms with Crippen LogP contribution >= 0.6 is 0 Å². The number of hydrogen-bond donors (Lipinski definition) is 2. The second-order valence-electron chi connectivity index (χ2n) is 8.66. The molecule has 0 unspecified atom stereocenters. The number of anilines is 2. The van der Waals surface area contributed by atoms with Crippen LogP contribution in [0.5, 0.6) is 0 Å². The number of nitrogens with zero attached hydrogens (tertiary/aromatic N) is 3. The van der Waals surface area contributed by atoms with Crippen molar-refractivity contribution in [1.82, 2.24) is 20.2 Å². The zero-order chi connectivity index (χ0) is 23.2. The monoisotopic (exact) mass is 455 g/mol. The zero-order valence-electron chi connectivity index (χ0n) is 19.2. The normalized spacial score (nSPS) is 15.8. The fraction of sp³-hybridized carbons (Fsp3) is 0.296. The summed E-state index contributed by atoms with van der Waals surface area (Å²) in [6, 6.07) is 15.8. The number of benzene rings is 2. The molecule has 1 fully saturated rings. The molecule has 1 saturated heterocycles. The topological polar surface area (TPSA) is 79.4 Å². The number of hydrogen-bond acceptors (Lipinski definition) is 6. The molecule has 174 valence electrons. The Bertz CT molecular complexity index is 1190. The van der Waals surface area contributed by atoms with Gasteiger partial charge < -0.3 is 20.3 Å². The summed E-state index contributed by atoms with van der Waals surface area (Å²) in [5.41, 5.74) is 5.17. The van der Waals surface area contributed by atoms with Crippen LogP contribution in [0.15, 0.2) is 60.8 Å². The highest BCUT2D eigenvalue weighted by atomic mass is 16.5. The standard InChI is InChI=1S/C27H29N5O2/c33-26(28-10-13-32-11-1-2-12-32)23-15-20-6-4-14-34-19-21-5-3-7-22(16-21)25-8-9-29-27(31-25)30-24(17-20)18-23/h3-9,15-18H,1-2,10-14,19H2,(H,28,33)(H,29,30,31). The van der Waals surface area contributed by atoms with Gasteiger partial charge in [0, 0.05) is 36.1 Å². The molecule has 2 aliphatic heterocycles. The van der Waals surface area contributed by atoms with Crippen molar-refractivity contribution in [3.8, 4) is 11.3 Å². The van der Waals surface area contributed by atoms with Gasteiger partial charge in [-0.05, 0) is 67.4 Å². The first-order valence-electron chi connectivity index (χ1n) is 11.8. The van der Waals surface area contributed by atoms with Crippen LogP contribution in [-0.2, 0) is 11.3 Å². The number of rotatable bonds is 4. The van der Waals surface area contributed by atoms with E-state index in [2.05, 4.69) is 26.6 Å². The van der Waals surface area contributed by atoms with Gasteiger partial charge in [0.2, 0.25) is 5.95 Å². The molecule has 0 radical (unpaired) electrons. The fourth-order valence-corrected chi connectivity index (χ4v) is 4.35. The SMILES string of the molecule is O=C(NCCN1CCCC1)c1cc2cc(c1)Nc1nccc(n1)-c1cccc(c1)COCC=C2. The summed E-state index contributed by atoms with van der Waals surface area (Å²) in [5, 5.41) is 6.34. The Balaban J connectivity index is 1.40. The molecule has 0 spiro atoms. The maximum Gasteiger partial charge on any atom is 0.251 e. The summed E-state index contributed by atoms with van der Waals surface area (Å²) < 4.78 is 5.84. The molecule has 34 heavy (non-hydrogen) atoms. The van der Waals surface area contributed by atoms with E-state index in [0.717, 1.165) is 47.7 Å². The summed E-state index contributed by atoms with van der Waals surface area (Å²) in [5.74, 6) is 0.396. The molecular formula is C27H29N5O2. The fourth-order valence-electron chi connectivity index (χ4n) is 4.35. The van der Waals surface area contributed by atoms with E-state index in [1.807, 2.05) is 54.6 Å². The molecule has 6 bridgehead atoms. The van der Waals surface area contributed by atoms with Crippen LogP contribution in [0.1, 0.15) is 34.3 Å². The number of carbonyl (C=O) groups is 1. The van der Waals surface area contributed by atoms with Crippen molar-refractivity contribution in [3.05, 3.63) is 77.5 Å². The van der Waals surface area contributed by atoms with E-state index in [1.54, 1.807) is 6.20 Å². The van der Waals surface area contributed by atoms with Gasteiger partial charge in [0.1, 0.15) is 0 Å². The number of fused-ring (bicyclic) bond motifs is 7. The minimum absolute atomic E-state index is 0.0858. The van der Waals surface area contributed by atoms with Crippen LogP contribution in [0.2, 0.25) is 0 Å². The molecule has 7 heteroatoms. The van der Waals surface area contributed by atoms with Crippen LogP contribution in [0.4, 0.5) is 11.6 Å². The first-order valence-corrected chi connectivity index (χ1v) is 11.8. The third-order valence-corrected chi connectivity index (χ3v) is 6.06. The summed E-state index contributed by atoms with van der Waals surface area (Å²) in [4.78, 5) is 24.4. The highest BCUT2D eigenvalue weighted by Gasteiger charge is 2.13. The predicted octanol–water partition coefficient (Wildman–Crippen LogP) is 4.26. The van der Waals surface area contributed by atoms with Crippen molar-refractivity contribution in [3.63, 3.8) is 0 Å². The van der Waals surface area contributed by atoms with Crippen LogP contribution in [0.3, 0.4) is 0 Å². The average Bonchev–Trinajstić information content (AvgIpc) is 3.37. The Morgan fingerprint density at radius 3 is 2.94 bits per heavy atom. The van der Waals surface area contributed by atoms with Gasteiger partial charge in [-0.3, -0.25) is 4.79 Å². The van der Waals surface area contributed by atoms with E-state index >= 15 is 0 Å². The summed E-state index contributed by atoms with van der Waals surface area (Å²) in [6.07, 6.45) is 8.17. The van der Waals surface area contributed by atoms with Crippen LogP contribution in [-0.4, -0.2) is 53.6 Å². The number of nitrogens with one attached hydrogen (secondary N) is 2. The Morgan fingerprint density at radius 2 is 2.03 bits per heavy atom. The second kappa shape index (κ2) is 10.6. The second-order valence-corrected chi connectivity index (χ2v) is 8.66. The van der Waals surface area contributed by atoms with Crippen molar-refractivity contribution in [2.24, 2.45) is 0 Å². The van der Waals surface area contributed by atoms with Crippen molar-refractivity contribution in [2.75, 3.05) is 38.1 Å². The molecular weight excluding hydrogens is 426 g/mol. The lowest BCUT2D eigenvalue weighted by Crippen LogP contribution is -2.33. The third-order valence-electron chi connectivity index (χ3n) is 6.06. The van der Waals surface area contributed by atoms with Gasteiger partial charge in [0.05, 0.1) is 18.9 Å². The van der Waals surface area contributed by atoms with Crippen LogP contribution in [0, 0.1) is 0 Å². The average molecular weight is 456 g/mol. The van der Waals surface area contributed by atoms with E-state index < -0.39 is 0 Å². The summed E-state index contributed by atoms with van der Waals surface area (Å²) in [7, 11) is 0. The van der Waals surface area contributed by atoms with E-state index in [0.29, 0.717) is 31.3 Å². The smallest absolute Gasteiger partial charge is 0.251 e. The largest absolute Gasteiger partial charge is 0.373 e. The Labute approximate surface area is 199 Å². The molecule has 2 aliphatic rings. The predicted molar refractivity (Wildman–Crippen MR) is 134 cm³/mol. The Hall–Kier alpha value is -3.55. The molecule has 0 aliphatic carbocycles. The lowest BCUT2D eigenvalue weighted by atomic mass is 10.1. The van der Waals surface area contributed by atoms with Gasteiger partial charge in [-0.1, -0.05) is 30.4 Å². The first kappa shape index (κ1) is 22.3.